The third kappa shape index (κ3) is 5.25. The molecule has 0 bridgehead atoms. The highest BCUT2D eigenvalue weighted by Crippen LogP contribution is 2.10. The fourth-order valence-corrected chi connectivity index (χ4v) is 0.867. The quantitative estimate of drug-likeness (QED) is 0.538. The highest BCUT2D eigenvalue weighted by atomic mass is 16.5. The van der Waals surface area contributed by atoms with Crippen LogP contribution in [-0.2, 0) is 4.74 Å². The average Bonchev–Trinajstić information content (AvgIpc) is 2.03. The van der Waals surface area contributed by atoms with Crippen LogP contribution in [0.3, 0.4) is 0 Å². The van der Waals surface area contributed by atoms with Crippen LogP contribution in [0.4, 0.5) is 0 Å². The van der Waals surface area contributed by atoms with Crippen molar-refractivity contribution in [2.45, 2.75) is 46.1 Å². The van der Waals surface area contributed by atoms with Crippen LogP contribution in [0, 0.1) is 12.8 Å². The normalized spacial score (nSPS) is 16.4. The van der Waals surface area contributed by atoms with Crippen LogP contribution in [0.15, 0.2) is 0 Å². The first-order valence-corrected chi connectivity index (χ1v) is 4.63. The summed E-state index contributed by atoms with van der Waals surface area (Å²) in [6.07, 6.45) is 3.67. The molecule has 0 aromatic carbocycles. The van der Waals surface area contributed by atoms with Gasteiger partial charge in [-0.3, -0.25) is 0 Å². The van der Waals surface area contributed by atoms with E-state index in [1.54, 1.807) is 0 Å². The van der Waals surface area contributed by atoms with Gasteiger partial charge in [-0.05, 0) is 19.3 Å². The second-order valence-electron chi connectivity index (χ2n) is 3.17. The highest BCUT2D eigenvalue weighted by molar-refractivity contribution is 4.58. The van der Waals surface area contributed by atoms with Crippen molar-refractivity contribution in [3.8, 4) is 0 Å². The van der Waals surface area contributed by atoms with Crippen molar-refractivity contribution in [1.82, 2.24) is 0 Å². The van der Waals surface area contributed by atoms with Gasteiger partial charge in [0.05, 0.1) is 6.10 Å². The largest absolute Gasteiger partial charge is 0.378 e. The zero-order valence-electron chi connectivity index (χ0n) is 8.10. The van der Waals surface area contributed by atoms with E-state index in [2.05, 4.69) is 27.7 Å². The van der Waals surface area contributed by atoms with Crippen LogP contribution in [0.25, 0.3) is 0 Å². The van der Waals surface area contributed by atoms with Gasteiger partial charge in [-0.2, -0.15) is 0 Å². The van der Waals surface area contributed by atoms with Gasteiger partial charge in [0.1, 0.15) is 0 Å². The van der Waals surface area contributed by atoms with Crippen molar-refractivity contribution in [1.29, 1.82) is 0 Å². The molecule has 2 atom stereocenters. The van der Waals surface area contributed by atoms with Crippen molar-refractivity contribution >= 4 is 0 Å². The Hall–Kier alpha value is -0.0400. The Morgan fingerprint density at radius 1 is 1.36 bits per heavy atom. The van der Waals surface area contributed by atoms with E-state index in [1.807, 2.05) is 0 Å². The van der Waals surface area contributed by atoms with Crippen LogP contribution < -0.4 is 0 Å². The minimum Gasteiger partial charge on any atom is -0.378 e. The second kappa shape index (κ2) is 6.66. The molecule has 0 fully saturated rings. The number of ether oxygens (including phenoxy) is 1. The maximum Gasteiger partial charge on any atom is 0.0572 e. The van der Waals surface area contributed by atoms with Crippen molar-refractivity contribution in [2.24, 2.45) is 5.92 Å². The zero-order chi connectivity index (χ0) is 8.69. The van der Waals surface area contributed by atoms with Gasteiger partial charge in [0, 0.05) is 6.61 Å². The molecule has 11 heavy (non-hydrogen) atoms. The average molecular weight is 157 g/mol. The summed E-state index contributed by atoms with van der Waals surface area (Å²) < 4.78 is 5.60. The first kappa shape index (κ1) is 11.0. The van der Waals surface area contributed by atoms with Crippen LogP contribution in [-0.4, -0.2) is 12.7 Å². The Morgan fingerprint density at radius 3 is 2.45 bits per heavy atom. The first-order chi connectivity index (χ1) is 5.22. The summed E-state index contributed by atoms with van der Waals surface area (Å²) in [7, 11) is 0. The predicted octanol–water partition coefficient (Wildman–Crippen LogP) is 3.05. The molecule has 67 valence electrons. The lowest BCUT2D eigenvalue weighted by atomic mass is 10.0. The number of hydrogen-bond acceptors (Lipinski definition) is 1. The first-order valence-electron chi connectivity index (χ1n) is 4.63. The van der Waals surface area contributed by atoms with E-state index in [1.165, 1.54) is 6.42 Å². The van der Waals surface area contributed by atoms with Crippen LogP contribution in [0.5, 0.6) is 0 Å². The van der Waals surface area contributed by atoms with E-state index >= 15 is 0 Å². The standard InChI is InChI=1S/C10H21O/c1-5-7-8-11-10(4)9(3)6-2/h9-10H,1,5-8H2,2-4H3. The summed E-state index contributed by atoms with van der Waals surface area (Å²) in [5.41, 5.74) is 0. The lowest BCUT2D eigenvalue weighted by Gasteiger charge is -2.18. The summed E-state index contributed by atoms with van der Waals surface area (Å²) in [5.74, 6) is 0.680. The van der Waals surface area contributed by atoms with Gasteiger partial charge in [0.25, 0.3) is 0 Å². The molecule has 0 N–H and O–H groups in total. The molecule has 1 nitrogen and oxygen atoms in total. The molecule has 1 radical (unpaired) electrons. The maximum absolute atomic E-state index is 5.60. The molecule has 0 aromatic heterocycles. The van der Waals surface area contributed by atoms with Gasteiger partial charge < -0.3 is 4.74 Å². The van der Waals surface area contributed by atoms with E-state index in [9.17, 15) is 0 Å². The number of hydrogen-bond donors (Lipinski definition) is 0. The molecule has 1 heteroatoms. The fourth-order valence-electron chi connectivity index (χ4n) is 0.867. The minimum atomic E-state index is 0.409. The minimum absolute atomic E-state index is 0.409. The SMILES string of the molecule is [CH2]CCCOC(C)C(C)CC. The summed E-state index contributed by atoms with van der Waals surface area (Å²) in [5, 5.41) is 0. The summed E-state index contributed by atoms with van der Waals surface area (Å²) in [4.78, 5) is 0. The monoisotopic (exact) mass is 157 g/mol. The Morgan fingerprint density at radius 2 is 2.00 bits per heavy atom. The Kier molecular flexibility index (Phi) is 6.63. The molecule has 0 saturated heterocycles. The van der Waals surface area contributed by atoms with E-state index in [0.717, 1.165) is 19.4 Å². The molecule has 0 saturated carbocycles. The van der Waals surface area contributed by atoms with Gasteiger partial charge in [-0.1, -0.05) is 33.6 Å². The Bertz CT molecular complexity index is 80.9. The van der Waals surface area contributed by atoms with Crippen LogP contribution in [0.1, 0.15) is 40.0 Å². The molecule has 0 aliphatic carbocycles. The summed E-state index contributed by atoms with van der Waals surface area (Å²) in [6, 6.07) is 0. The Balaban J connectivity index is 3.28. The topological polar surface area (TPSA) is 9.23 Å². The van der Waals surface area contributed by atoms with Crippen LogP contribution >= 0.6 is 0 Å². The zero-order valence-corrected chi connectivity index (χ0v) is 8.10. The molecular formula is C10H21O. The number of rotatable bonds is 6. The molecular weight excluding hydrogens is 136 g/mol. The van der Waals surface area contributed by atoms with E-state index in [4.69, 9.17) is 4.74 Å². The van der Waals surface area contributed by atoms with Crippen molar-refractivity contribution < 1.29 is 4.74 Å². The van der Waals surface area contributed by atoms with Gasteiger partial charge in [-0.15, -0.1) is 0 Å². The Labute approximate surface area is 71.1 Å². The third-order valence-electron chi connectivity index (χ3n) is 2.22. The molecule has 0 aliphatic rings. The van der Waals surface area contributed by atoms with Crippen molar-refractivity contribution in [3.63, 3.8) is 0 Å². The molecule has 0 spiro atoms. The fraction of sp³-hybridized carbons (Fsp3) is 0.900. The van der Waals surface area contributed by atoms with E-state index < -0.39 is 0 Å². The van der Waals surface area contributed by atoms with E-state index in [-0.39, 0.29) is 0 Å². The molecule has 0 rings (SSSR count). The van der Waals surface area contributed by atoms with Gasteiger partial charge in [-0.25, -0.2) is 0 Å². The van der Waals surface area contributed by atoms with Gasteiger partial charge in [0.15, 0.2) is 0 Å². The maximum atomic E-state index is 5.60. The number of unbranched alkanes of at least 4 members (excludes halogenated alkanes) is 1. The lowest BCUT2D eigenvalue weighted by molar-refractivity contribution is 0.0282. The van der Waals surface area contributed by atoms with E-state index in [0.29, 0.717) is 12.0 Å². The predicted molar refractivity (Wildman–Crippen MR) is 49.5 cm³/mol. The molecule has 0 amide bonds. The second-order valence-corrected chi connectivity index (χ2v) is 3.17. The highest BCUT2D eigenvalue weighted by Gasteiger charge is 2.08. The molecule has 0 aromatic rings. The van der Waals surface area contributed by atoms with Gasteiger partial charge >= 0.3 is 0 Å². The summed E-state index contributed by atoms with van der Waals surface area (Å²) >= 11 is 0. The van der Waals surface area contributed by atoms with Gasteiger partial charge in [0.2, 0.25) is 0 Å². The lowest BCUT2D eigenvalue weighted by Crippen LogP contribution is -2.17. The molecule has 0 aliphatic heterocycles. The van der Waals surface area contributed by atoms with Crippen molar-refractivity contribution in [3.05, 3.63) is 6.92 Å². The smallest absolute Gasteiger partial charge is 0.0572 e. The molecule has 2 unspecified atom stereocenters. The summed E-state index contributed by atoms with van der Waals surface area (Å²) in [6.45, 7) is 11.2. The third-order valence-corrected chi connectivity index (χ3v) is 2.22. The molecule has 0 heterocycles. The van der Waals surface area contributed by atoms with Crippen molar-refractivity contribution in [2.75, 3.05) is 6.61 Å². The van der Waals surface area contributed by atoms with Crippen LogP contribution in [0.2, 0.25) is 0 Å².